The average molecular weight is 198 g/mol. The Morgan fingerprint density at radius 1 is 1.29 bits per heavy atom. The van der Waals surface area contributed by atoms with Gasteiger partial charge >= 0.3 is 0 Å². The highest BCUT2D eigenvalue weighted by atomic mass is 16.2. The van der Waals surface area contributed by atoms with Crippen LogP contribution in [0.5, 0.6) is 0 Å². The van der Waals surface area contributed by atoms with Gasteiger partial charge < -0.3 is 11.1 Å². The Labute approximate surface area is 86.4 Å². The molecule has 1 aliphatic carbocycles. The Morgan fingerprint density at radius 2 is 1.86 bits per heavy atom. The molecule has 14 heavy (non-hydrogen) atoms. The normalized spacial score (nSPS) is 28.6. The van der Waals surface area contributed by atoms with E-state index in [1.54, 1.807) is 0 Å². The first kappa shape index (κ1) is 11.5. The summed E-state index contributed by atoms with van der Waals surface area (Å²) < 4.78 is 0. The highest BCUT2D eigenvalue weighted by molar-refractivity contribution is 5.81. The van der Waals surface area contributed by atoms with E-state index < -0.39 is 0 Å². The molecule has 0 unspecified atom stereocenters. The van der Waals surface area contributed by atoms with Crippen molar-refractivity contribution in [2.45, 2.75) is 58.5 Å². The smallest absolute Gasteiger partial charge is 0.225 e. The summed E-state index contributed by atoms with van der Waals surface area (Å²) in [7, 11) is 0. The van der Waals surface area contributed by atoms with E-state index in [1.807, 2.05) is 20.8 Å². The number of nitrogens with two attached hydrogens (primary N) is 1. The summed E-state index contributed by atoms with van der Waals surface area (Å²) in [6.45, 7) is 5.78. The third kappa shape index (κ3) is 2.98. The molecule has 0 bridgehead atoms. The van der Waals surface area contributed by atoms with Crippen LogP contribution in [0.2, 0.25) is 0 Å². The molecular weight excluding hydrogens is 176 g/mol. The van der Waals surface area contributed by atoms with Crippen molar-refractivity contribution in [3.63, 3.8) is 0 Å². The summed E-state index contributed by atoms with van der Waals surface area (Å²) in [6, 6.07) is 0.338. The van der Waals surface area contributed by atoms with Gasteiger partial charge in [-0.15, -0.1) is 0 Å². The Hall–Kier alpha value is -0.570. The van der Waals surface area contributed by atoms with Gasteiger partial charge in [-0.3, -0.25) is 4.79 Å². The molecule has 0 aromatic carbocycles. The SMILES string of the molecule is CC(C)(C)C(=O)N[C@@H]1CCCC[C@H]1N. The standard InChI is InChI=1S/C11H22N2O/c1-11(2,3)10(14)13-9-7-5-4-6-8(9)12/h8-9H,4-7,12H2,1-3H3,(H,13,14)/t8-,9-/m1/s1. The van der Waals surface area contributed by atoms with E-state index in [0.29, 0.717) is 0 Å². The van der Waals surface area contributed by atoms with Crippen LogP contribution in [0.25, 0.3) is 0 Å². The molecule has 0 heterocycles. The van der Waals surface area contributed by atoms with Crippen molar-refractivity contribution >= 4 is 5.91 Å². The minimum Gasteiger partial charge on any atom is -0.351 e. The van der Waals surface area contributed by atoms with E-state index in [1.165, 1.54) is 12.8 Å². The van der Waals surface area contributed by atoms with Crippen LogP contribution >= 0.6 is 0 Å². The van der Waals surface area contributed by atoms with Crippen molar-refractivity contribution in [2.75, 3.05) is 0 Å². The van der Waals surface area contributed by atoms with E-state index in [0.717, 1.165) is 12.8 Å². The molecule has 0 aliphatic heterocycles. The van der Waals surface area contributed by atoms with Gasteiger partial charge in [-0.2, -0.15) is 0 Å². The predicted octanol–water partition coefficient (Wildman–Crippen LogP) is 1.42. The zero-order valence-electron chi connectivity index (χ0n) is 9.47. The van der Waals surface area contributed by atoms with E-state index in [9.17, 15) is 4.79 Å². The second kappa shape index (κ2) is 4.30. The lowest BCUT2D eigenvalue weighted by molar-refractivity contribution is -0.129. The van der Waals surface area contributed by atoms with Crippen LogP contribution in [-0.4, -0.2) is 18.0 Å². The molecule has 1 saturated carbocycles. The maximum atomic E-state index is 11.7. The highest BCUT2D eigenvalue weighted by Gasteiger charge is 2.28. The first-order valence-electron chi connectivity index (χ1n) is 5.48. The van der Waals surface area contributed by atoms with Crippen LogP contribution in [0, 0.1) is 5.41 Å². The molecule has 1 aliphatic rings. The van der Waals surface area contributed by atoms with E-state index in [4.69, 9.17) is 5.73 Å². The predicted molar refractivity (Wildman–Crippen MR) is 57.8 cm³/mol. The molecule has 1 fully saturated rings. The summed E-state index contributed by atoms with van der Waals surface area (Å²) in [4.78, 5) is 11.7. The minimum absolute atomic E-state index is 0.111. The van der Waals surface area contributed by atoms with Crippen LogP contribution in [0.1, 0.15) is 46.5 Å². The van der Waals surface area contributed by atoms with Gasteiger partial charge in [-0.25, -0.2) is 0 Å². The van der Waals surface area contributed by atoms with E-state index in [2.05, 4.69) is 5.32 Å². The maximum absolute atomic E-state index is 11.7. The van der Waals surface area contributed by atoms with Crippen LogP contribution in [-0.2, 0) is 4.79 Å². The molecule has 0 saturated heterocycles. The monoisotopic (exact) mass is 198 g/mol. The van der Waals surface area contributed by atoms with E-state index >= 15 is 0 Å². The Balaban J connectivity index is 2.46. The Kier molecular flexibility index (Phi) is 3.53. The third-order valence-electron chi connectivity index (χ3n) is 2.82. The van der Waals surface area contributed by atoms with Gasteiger partial charge in [-0.05, 0) is 12.8 Å². The number of amides is 1. The topological polar surface area (TPSA) is 55.1 Å². The molecule has 3 heteroatoms. The second-order valence-electron chi connectivity index (χ2n) is 5.28. The van der Waals surface area contributed by atoms with Crippen molar-refractivity contribution in [1.29, 1.82) is 0 Å². The van der Waals surface area contributed by atoms with Crippen LogP contribution in [0.4, 0.5) is 0 Å². The number of hydrogen-bond acceptors (Lipinski definition) is 2. The average Bonchev–Trinajstić information content (AvgIpc) is 2.07. The number of nitrogens with one attached hydrogen (secondary N) is 1. The summed E-state index contributed by atoms with van der Waals surface area (Å²) in [5.41, 5.74) is 5.65. The van der Waals surface area contributed by atoms with Crippen molar-refractivity contribution in [3.05, 3.63) is 0 Å². The molecule has 3 nitrogen and oxygen atoms in total. The number of carbonyl (C=O) groups is 1. The molecule has 3 N–H and O–H groups in total. The Bertz CT molecular complexity index is 208. The lowest BCUT2D eigenvalue weighted by Crippen LogP contribution is -2.51. The zero-order valence-corrected chi connectivity index (χ0v) is 9.47. The molecule has 1 amide bonds. The largest absolute Gasteiger partial charge is 0.351 e. The van der Waals surface area contributed by atoms with Gasteiger partial charge in [0.15, 0.2) is 0 Å². The lowest BCUT2D eigenvalue weighted by atomic mass is 9.89. The fourth-order valence-corrected chi connectivity index (χ4v) is 1.72. The molecule has 2 atom stereocenters. The van der Waals surface area contributed by atoms with Gasteiger partial charge in [0.25, 0.3) is 0 Å². The fraction of sp³-hybridized carbons (Fsp3) is 0.909. The lowest BCUT2D eigenvalue weighted by Gasteiger charge is -2.31. The van der Waals surface area contributed by atoms with Crippen LogP contribution in [0.15, 0.2) is 0 Å². The zero-order chi connectivity index (χ0) is 10.8. The van der Waals surface area contributed by atoms with Crippen molar-refractivity contribution in [1.82, 2.24) is 5.32 Å². The Morgan fingerprint density at radius 3 is 2.36 bits per heavy atom. The molecule has 1 rings (SSSR count). The maximum Gasteiger partial charge on any atom is 0.225 e. The van der Waals surface area contributed by atoms with Crippen LogP contribution in [0.3, 0.4) is 0 Å². The molecule has 0 spiro atoms. The van der Waals surface area contributed by atoms with Gasteiger partial charge in [0.2, 0.25) is 5.91 Å². The molecule has 0 aromatic heterocycles. The fourth-order valence-electron chi connectivity index (χ4n) is 1.72. The minimum atomic E-state index is -0.308. The van der Waals surface area contributed by atoms with Crippen molar-refractivity contribution in [2.24, 2.45) is 11.1 Å². The summed E-state index contributed by atoms with van der Waals surface area (Å²) in [5, 5.41) is 3.04. The van der Waals surface area contributed by atoms with Crippen molar-refractivity contribution < 1.29 is 4.79 Å². The van der Waals surface area contributed by atoms with Gasteiger partial charge in [-0.1, -0.05) is 33.6 Å². The van der Waals surface area contributed by atoms with E-state index in [-0.39, 0.29) is 23.4 Å². The molecule has 82 valence electrons. The third-order valence-corrected chi connectivity index (χ3v) is 2.82. The quantitative estimate of drug-likeness (QED) is 0.669. The number of hydrogen-bond donors (Lipinski definition) is 2. The summed E-state index contributed by atoms with van der Waals surface area (Å²) in [6.07, 6.45) is 4.45. The summed E-state index contributed by atoms with van der Waals surface area (Å²) >= 11 is 0. The van der Waals surface area contributed by atoms with Crippen molar-refractivity contribution in [3.8, 4) is 0 Å². The van der Waals surface area contributed by atoms with Crippen LogP contribution < -0.4 is 11.1 Å². The molecular formula is C11H22N2O. The molecule has 0 aromatic rings. The molecule has 0 radical (unpaired) electrons. The second-order valence-corrected chi connectivity index (χ2v) is 5.28. The van der Waals surface area contributed by atoms with Gasteiger partial charge in [0, 0.05) is 17.5 Å². The highest BCUT2D eigenvalue weighted by Crippen LogP contribution is 2.19. The first-order valence-corrected chi connectivity index (χ1v) is 5.48. The number of rotatable bonds is 1. The number of carbonyl (C=O) groups excluding carboxylic acids is 1. The van der Waals surface area contributed by atoms with Gasteiger partial charge in [0.05, 0.1) is 0 Å². The van der Waals surface area contributed by atoms with Gasteiger partial charge in [0.1, 0.15) is 0 Å². The summed E-state index contributed by atoms with van der Waals surface area (Å²) in [5.74, 6) is 0.111. The first-order chi connectivity index (χ1) is 6.41.